The van der Waals surface area contributed by atoms with Crippen molar-refractivity contribution in [2.75, 3.05) is 30.7 Å². The van der Waals surface area contributed by atoms with Crippen molar-refractivity contribution >= 4 is 17.3 Å². The zero-order valence-corrected chi connectivity index (χ0v) is 9.73. The third-order valence-corrected chi connectivity index (χ3v) is 2.74. The second-order valence-corrected chi connectivity index (χ2v) is 4.17. The number of amides is 1. The number of rotatable bonds is 4. The van der Waals surface area contributed by atoms with Crippen molar-refractivity contribution in [3.05, 3.63) is 36.4 Å². The van der Waals surface area contributed by atoms with E-state index in [0.717, 1.165) is 25.3 Å². The molecule has 1 aromatic carbocycles. The van der Waals surface area contributed by atoms with Crippen LogP contribution in [0, 0.1) is 0 Å². The smallest absolute Gasteiger partial charge is 0.248 e. The second kappa shape index (κ2) is 5.50. The number of carbonyl (C=O) groups excluding carboxylic acids is 1. The largest absolute Gasteiger partial charge is 0.399 e. The fraction of sp³-hybridized carbons (Fsp3) is 0.308. The van der Waals surface area contributed by atoms with Crippen LogP contribution in [0.3, 0.4) is 0 Å². The lowest BCUT2D eigenvalue weighted by Gasteiger charge is -2.29. The van der Waals surface area contributed by atoms with E-state index in [1.807, 2.05) is 18.2 Å². The number of carbonyl (C=O) groups is 1. The predicted octanol–water partition coefficient (Wildman–Crippen LogP) is 1.47. The summed E-state index contributed by atoms with van der Waals surface area (Å²) in [6.07, 6.45) is 4.73. The van der Waals surface area contributed by atoms with Gasteiger partial charge in [-0.25, -0.2) is 0 Å². The molecule has 1 heterocycles. The molecule has 0 radical (unpaired) electrons. The molecule has 3 N–H and O–H groups in total. The minimum absolute atomic E-state index is 0.115. The van der Waals surface area contributed by atoms with Crippen LogP contribution in [-0.4, -0.2) is 30.4 Å². The summed E-state index contributed by atoms with van der Waals surface area (Å²) in [5.74, 6) is -0.115. The monoisotopic (exact) mass is 231 g/mol. The van der Waals surface area contributed by atoms with Gasteiger partial charge in [0.1, 0.15) is 0 Å². The fourth-order valence-electron chi connectivity index (χ4n) is 1.67. The average Bonchev–Trinajstić information content (AvgIpc) is 2.22. The standard InChI is InChI=1S/C13H17N3O/c14-11-4-1-5-12(10-11)15-13(17)6-2-7-16-8-3-9-16/h1-2,4-6,10H,3,7-9,14H2,(H,15,17)/b6-2+. The Labute approximate surface area is 101 Å². The number of benzene rings is 1. The molecule has 1 saturated heterocycles. The highest BCUT2D eigenvalue weighted by molar-refractivity contribution is 5.99. The average molecular weight is 231 g/mol. The van der Waals surface area contributed by atoms with E-state index >= 15 is 0 Å². The van der Waals surface area contributed by atoms with Gasteiger partial charge in [0.15, 0.2) is 0 Å². The molecule has 0 aromatic heterocycles. The molecule has 2 rings (SSSR count). The van der Waals surface area contributed by atoms with Crippen molar-refractivity contribution in [1.29, 1.82) is 0 Å². The van der Waals surface area contributed by atoms with Gasteiger partial charge in [-0.15, -0.1) is 0 Å². The molecule has 17 heavy (non-hydrogen) atoms. The molecule has 0 spiro atoms. The van der Waals surface area contributed by atoms with Gasteiger partial charge in [0, 0.05) is 24.0 Å². The summed E-state index contributed by atoms with van der Waals surface area (Å²) in [7, 11) is 0. The van der Waals surface area contributed by atoms with Crippen LogP contribution in [0.15, 0.2) is 36.4 Å². The first-order chi connectivity index (χ1) is 8.24. The summed E-state index contributed by atoms with van der Waals surface area (Å²) in [6.45, 7) is 3.13. The summed E-state index contributed by atoms with van der Waals surface area (Å²) in [4.78, 5) is 13.8. The third kappa shape index (κ3) is 3.60. The number of likely N-dealkylation sites (tertiary alicyclic amines) is 1. The van der Waals surface area contributed by atoms with Crippen LogP contribution in [0.2, 0.25) is 0 Å². The van der Waals surface area contributed by atoms with E-state index in [1.54, 1.807) is 18.2 Å². The van der Waals surface area contributed by atoms with Gasteiger partial charge in [-0.2, -0.15) is 0 Å². The number of nitrogens with one attached hydrogen (secondary N) is 1. The van der Waals surface area contributed by atoms with Crippen molar-refractivity contribution in [1.82, 2.24) is 4.90 Å². The number of nitrogen functional groups attached to an aromatic ring is 1. The molecule has 1 amide bonds. The number of nitrogens with zero attached hydrogens (tertiary/aromatic N) is 1. The first-order valence-electron chi connectivity index (χ1n) is 5.79. The third-order valence-electron chi connectivity index (χ3n) is 2.74. The minimum Gasteiger partial charge on any atom is -0.399 e. The molecule has 4 heteroatoms. The van der Waals surface area contributed by atoms with Crippen molar-refractivity contribution in [3.8, 4) is 0 Å². The molecule has 0 saturated carbocycles. The lowest BCUT2D eigenvalue weighted by molar-refractivity contribution is -0.111. The Bertz CT molecular complexity index is 424. The second-order valence-electron chi connectivity index (χ2n) is 4.17. The van der Waals surface area contributed by atoms with E-state index < -0.39 is 0 Å². The zero-order valence-electron chi connectivity index (χ0n) is 9.73. The van der Waals surface area contributed by atoms with Crippen LogP contribution in [0.25, 0.3) is 0 Å². The highest BCUT2D eigenvalue weighted by atomic mass is 16.1. The SMILES string of the molecule is Nc1cccc(NC(=O)/C=C/CN2CCC2)c1. The first-order valence-corrected chi connectivity index (χ1v) is 5.79. The van der Waals surface area contributed by atoms with Gasteiger partial charge < -0.3 is 11.1 Å². The van der Waals surface area contributed by atoms with Crippen LogP contribution in [0.4, 0.5) is 11.4 Å². The molecular weight excluding hydrogens is 214 g/mol. The predicted molar refractivity (Wildman–Crippen MR) is 69.7 cm³/mol. The Morgan fingerprint density at radius 3 is 2.94 bits per heavy atom. The summed E-state index contributed by atoms with van der Waals surface area (Å²) >= 11 is 0. The summed E-state index contributed by atoms with van der Waals surface area (Å²) in [6, 6.07) is 7.16. The van der Waals surface area contributed by atoms with Crippen LogP contribution < -0.4 is 11.1 Å². The minimum atomic E-state index is -0.115. The molecule has 90 valence electrons. The van der Waals surface area contributed by atoms with E-state index in [9.17, 15) is 4.79 Å². The molecule has 1 aromatic rings. The highest BCUT2D eigenvalue weighted by Crippen LogP contribution is 2.11. The molecule has 1 fully saturated rings. The molecule has 0 unspecified atom stereocenters. The number of anilines is 2. The Morgan fingerprint density at radius 1 is 1.47 bits per heavy atom. The molecule has 0 atom stereocenters. The van der Waals surface area contributed by atoms with Crippen LogP contribution in [0.1, 0.15) is 6.42 Å². The summed E-state index contributed by atoms with van der Waals surface area (Å²) in [5.41, 5.74) is 7.00. The Morgan fingerprint density at radius 2 is 2.29 bits per heavy atom. The normalized spacial score (nSPS) is 15.8. The molecule has 1 aliphatic rings. The van der Waals surface area contributed by atoms with Crippen LogP contribution in [0.5, 0.6) is 0 Å². The molecule has 4 nitrogen and oxygen atoms in total. The van der Waals surface area contributed by atoms with E-state index in [2.05, 4.69) is 10.2 Å². The van der Waals surface area contributed by atoms with Crippen molar-refractivity contribution in [2.45, 2.75) is 6.42 Å². The molecule has 1 aliphatic heterocycles. The van der Waals surface area contributed by atoms with Gasteiger partial charge in [0.25, 0.3) is 0 Å². The molecule has 0 bridgehead atoms. The van der Waals surface area contributed by atoms with Gasteiger partial charge in [-0.3, -0.25) is 9.69 Å². The van der Waals surface area contributed by atoms with Crippen LogP contribution >= 0.6 is 0 Å². The maximum absolute atomic E-state index is 11.6. The first kappa shape index (κ1) is 11.7. The molecular formula is C13H17N3O. The van der Waals surface area contributed by atoms with Gasteiger partial charge in [0.2, 0.25) is 5.91 Å². The maximum Gasteiger partial charge on any atom is 0.248 e. The molecule has 0 aliphatic carbocycles. The topological polar surface area (TPSA) is 58.4 Å². The Balaban J connectivity index is 1.80. The van der Waals surface area contributed by atoms with Gasteiger partial charge in [-0.05, 0) is 37.7 Å². The highest BCUT2D eigenvalue weighted by Gasteiger charge is 2.10. The summed E-state index contributed by atoms with van der Waals surface area (Å²) in [5, 5.41) is 2.77. The fourth-order valence-corrected chi connectivity index (χ4v) is 1.67. The maximum atomic E-state index is 11.6. The Kier molecular flexibility index (Phi) is 3.77. The van der Waals surface area contributed by atoms with Crippen molar-refractivity contribution < 1.29 is 4.79 Å². The number of nitrogens with two attached hydrogens (primary N) is 1. The van der Waals surface area contributed by atoms with E-state index in [4.69, 9.17) is 5.73 Å². The lowest BCUT2D eigenvalue weighted by atomic mass is 10.2. The quantitative estimate of drug-likeness (QED) is 0.609. The number of hydrogen-bond acceptors (Lipinski definition) is 3. The van der Waals surface area contributed by atoms with Gasteiger partial charge in [0.05, 0.1) is 0 Å². The zero-order chi connectivity index (χ0) is 12.1. The van der Waals surface area contributed by atoms with Crippen molar-refractivity contribution in [2.24, 2.45) is 0 Å². The van der Waals surface area contributed by atoms with E-state index in [-0.39, 0.29) is 5.91 Å². The van der Waals surface area contributed by atoms with Crippen molar-refractivity contribution in [3.63, 3.8) is 0 Å². The van der Waals surface area contributed by atoms with E-state index in [0.29, 0.717) is 5.69 Å². The van der Waals surface area contributed by atoms with Crippen LogP contribution in [-0.2, 0) is 4.79 Å². The Hall–Kier alpha value is -1.81. The van der Waals surface area contributed by atoms with E-state index in [1.165, 1.54) is 6.42 Å². The number of hydrogen-bond donors (Lipinski definition) is 2. The summed E-state index contributed by atoms with van der Waals surface area (Å²) < 4.78 is 0. The lowest BCUT2D eigenvalue weighted by Crippen LogP contribution is -2.37. The van der Waals surface area contributed by atoms with Gasteiger partial charge in [-0.1, -0.05) is 12.1 Å². The van der Waals surface area contributed by atoms with Gasteiger partial charge >= 0.3 is 0 Å².